The third-order valence-corrected chi connectivity index (χ3v) is 3.40. The highest BCUT2D eigenvalue weighted by Gasteiger charge is 2.44. The molecule has 8 heteroatoms. The smallest absolute Gasteiger partial charge is 0.426 e. The molecule has 3 aliphatic heterocycles. The maximum atomic E-state index is 11.5. The van der Waals surface area contributed by atoms with Crippen LogP contribution in [0.25, 0.3) is 0 Å². The van der Waals surface area contributed by atoms with Crippen LogP contribution in [0.1, 0.15) is 19.3 Å². The van der Waals surface area contributed by atoms with Crippen LogP contribution in [0.15, 0.2) is 0 Å². The second-order valence-electron chi connectivity index (χ2n) is 4.60. The van der Waals surface area contributed by atoms with Crippen LogP contribution in [0.5, 0.6) is 0 Å². The Balaban J connectivity index is 1.54. The fraction of sp³-hybridized carbons (Fsp3) is 0.727. The van der Waals surface area contributed by atoms with E-state index in [-0.39, 0.29) is 31.7 Å². The lowest BCUT2D eigenvalue weighted by Gasteiger charge is -2.17. The third kappa shape index (κ3) is 2.28. The van der Waals surface area contributed by atoms with Gasteiger partial charge in [-0.3, -0.25) is 14.4 Å². The van der Waals surface area contributed by atoms with Crippen molar-refractivity contribution >= 4 is 18.0 Å². The minimum Gasteiger partial charge on any atom is -0.426 e. The molecule has 2 unspecified atom stereocenters. The summed E-state index contributed by atoms with van der Waals surface area (Å²) in [6.07, 6.45) is -1.02. The topological polar surface area (TPSA) is 91.4 Å². The molecule has 0 aromatic carbocycles. The van der Waals surface area contributed by atoms with Crippen LogP contribution in [-0.2, 0) is 28.6 Å². The molecule has 3 aliphatic rings. The van der Waals surface area contributed by atoms with E-state index in [9.17, 15) is 14.4 Å². The number of hydroxylamine groups is 2. The summed E-state index contributed by atoms with van der Waals surface area (Å²) in [5.74, 6) is -1.09. The van der Waals surface area contributed by atoms with E-state index in [4.69, 9.17) is 14.2 Å². The summed E-state index contributed by atoms with van der Waals surface area (Å²) in [6.45, 7) is 0.791. The van der Waals surface area contributed by atoms with Crippen LogP contribution in [0, 0.1) is 5.92 Å². The first kappa shape index (κ1) is 12.4. The Kier molecular flexibility index (Phi) is 3.11. The van der Waals surface area contributed by atoms with Crippen LogP contribution in [0.3, 0.4) is 0 Å². The van der Waals surface area contributed by atoms with Gasteiger partial charge < -0.3 is 14.2 Å². The summed E-state index contributed by atoms with van der Waals surface area (Å²) < 4.78 is 15.7. The minimum absolute atomic E-state index is 0.0162. The molecule has 3 heterocycles. The van der Waals surface area contributed by atoms with E-state index in [0.717, 1.165) is 6.42 Å². The van der Waals surface area contributed by atoms with Gasteiger partial charge in [0.15, 0.2) is 6.29 Å². The SMILES string of the molecule is O=C(O[C@H]1COC2OCCC21)ON1C(=O)CCC1=O. The molecule has 19 heavy (non-hydrogen) atoms. The average Bonchev–Trinajstić information content (AvgIpc) is 3.03. The zero-order valence-corrected chi connectivity index (χ0v) is 10.1. The molecule has 3 fully saturated rings. The number of fused-ring (bicyclic) bond motifs is 1. The molecule has 3 atom stereocenters. The summed E-state index contributed by atoms with van der Waals surface area (Å²) in [5, 5.41) is 0.459. The van der Waals surface area contributed by atoms with E-state index in [0.29, 0.717) is 11.7 Å². The summed E-state index contributed by atoms with van der Waals surface area (Å²) >= 11 is 0. The molecule has 104 valence electrons. The predicted molar refractivity (Wildman–Crippen MR) is 56.2 cm³/mol. The number of hydrogen-bond donors (Lipinski definition) is 0. The second-order valence-corrected chi connectivity index (χ2v) is 4.60. The minimum atomic E-state index is -1.07. The van der Waals surface area contributed by atoms with Gasteiger partial charge in [0.25, 0.3) is 11.8 Å². The van der Waals surface area contributed by atoms with Crippen molar-refractivity contribution in [3.8, 4) is 0 Å². The quantitative estimate of drug-likeness (QED) is 0.514. The van der Waals surface area contributed by atoms with Crippen molar-refractivity contribution in [1.29, 1.82) is 0 Å². The summed E-state index contributed by atoms with van der Waals surface area (Å²) in [7, 11) is 0. The lowest BCUT2D eigenvalue weighted by atomic mass is 10.0. The Morgan fingerprint density at radius 2 is 1.95 bits per heavy atom. The van der Waals surface area contributed by atoms with E-state index in [1.807, 2.05) is 0 Å². The van der Waals surface area contributed by atoms with Crippen LogP contribution >= 0.6 is 0 Å². The number of imide groups is 1. The van der Waals surface area contributed by atoms with Crippen LogP contribution in [-0.4, -0.2) is 48.6 Å². The molecule has 0 aromatic rings. The monoisotopic (exact) mass is 271 g/mol. The first-order chi connectivity index (χ1) is 9.15. The molecule has 0 radical (unpaired) electrons. The van der Waals surface area contributed by atoms with Gasteiger partial charge in [-0.25, -0.2) is 4.79 Å². The molecule has 3 rings (SSSR count). The van der Waals surface area contributed by atoms with E-state index < -0.39 is 24.1 Å². The lowest BCUT2D eigenvalue weighted by Crippen LogP contribution is -2.35. The molecule has 0 aromatic heterocycles. The maximum absolute atomic E-state index is 11.5. The number of hydrogen-bond acceptors (Lipinski definition) is 7. The summed E-state index contributed by atoms with van der Waals surface area (Å²) in [4.78, 5) is 38.7. The molecule has 3 saturated heterocycles. The number of rotatable bonds is 2. The zero-order valence-electron chi connectivity index (χ0n) is 10.1. The molecule has 2 amide bonds. The number of amides is 2. The summed E-state index contributed by atoms with van der Waals surface area (Å²) in [6, 6.07) is 0. The van der Waals surface area contributed by atoms with Gasteiger partial charge >= 0.3 is 6.16 Å². The molecule has 0 bridgehead atoms. The van der Waals surface area contributed by atoms with Crippen molar-refractivity contribution in [2.45, 2.75) is 31.7 Å². The van der Waals surface area contributed by atoms with Gasteiger partial charge in [-0.15, -0.1) is 0 Å². The van der Waals surface area contributed by atoms with Crippen molar-refractivity contribution in [3.05, 3.63) is 0 Å². The standard InChI is InChI=1S/C11H13NO7/c13-8-1-2-9(14)12(8)19-11(15)18-7-5-17-10-6(7)3-4-16-10/h6-7,10H,1-5H2/t6?,7-,10?/m0/s1. The van der Waals surface area contributed by atoms with Gasteiger partial charge in [0, 0.05) is 12.8 Å². The van der Waals surface area contributed by atoms with Gasteiger partial charge in [0.05, 0.1) is 19.1 Å². The fourth-order valence-corrected chi connectivity index (χ4v) is 2.43. The predicted octanol–water partition coefficient (Wildman–Crippen LogP) is -0.0350. The molecule has 0 N–H and O–H groups in total. The van der Waals surface area contributed by atoms with E-state index >= 15 is 0 Å². The van der Waals surface area contributed by atoms with Gasteiger partial charge in [0.2, 0.25) is 0 Å². The van der Waals surface area contributed by atoms with E-state index in [2.05, 4.69) is 4.84 Å². The Morgan fingerprint density at radius 3 is 2.68 bits per heavy atom. The Morgan fingerprint density at radius 1 is 1.21 bits per heavy atom. The van der Waals surface area contributed by atoms with Crippen molar-refractivity contribution in [2.24, 2.45) is 5.92 Å². The number of nitrogens with zero attached hydrogens (tertiary/aromatic N) is 1. The van der Waals surface area contributed by atoms with Crippen LogP contribution in [0.2, 0.25) is 0 Å². The first-order valence-electron chi connectivity index (χ1n) is 6.13. The molecule has 8 nitrogen and oxygen atoms in total. The van der Waals surface area contributed by atoms with Crippen molar-refractivity contribution in [1.82, 2.24) is 5.06 Å². The molecule has 0 saturated carbocycles. The average molecular weight is 271 g/mol. The van der Waals surface area contributed by atoms with Crippen LogP contribution < -0.4 is 0 Å². The van der Waals surface area contributed by atoms with E-state index in [1.165, 1.54) is 0 Å². The maximum Gasteiger partial charge on any atom is 0.534 e. The highest BCUT2D eigenvalue weighted by atomic mass is 16.8. The summed E-state index contributed by atoms with van der Waals surface area (Å²) in [5.41, 5.74) is 0. The second kappa shape index (κ2) is 4.78. The Bertz CT molecular complexity index is 407. The van der Waals surface area contributed by atoms with Crippen molar-refractivity contribution < 1.29 is 33.4 Å². The van der Waals surface area contributed by atoms with Crippen molar-refractivity contribution in [2.75, 3.05) is 13.2 Å². The highest BCUT2D eigenvalue weighted by Crippen LogP contribution is 2.33. The number of carbonyl (C=O) groups excluding carboxylic acids is 3. The number of ether oxygens (including phenoxy) is 3. The normalized spacial score (nSPS) is 33.7. The zero-order chi connectivity index (χ0) is 13.4. The number of carbonyl (C=O) groups is 3. The molecular weight excluding hydrogens is 258 g/mol. The third-order valence-electron chi connectivity index (χ3n) is 3.40. The van der Waals surface area contributed by atoms with Crippen molar-refractivity contribution in [3.63, 3.8) is 0 Å². The van der Waals surface area contributed by atoms with Crippen LogP contribution in [0.4, 0.5) is 4.79 Å². The van der Waals surface area contributed by atoms with E-state index in [1.54, 1.807) is 0 Å². The van der Waals surface area contributed by atoms with Gasteiger partial charge in [-0.05, 0) is 6.42 Å². The molecule has 0 aliphatic carbocycles. The Labute approximate surface area is 108 Å². The largest absolute Gasteiger partial charge is 0.534 e. The lowest BCUT2D eigenvalue weighted by molar-refractivity contribution is -0.179. The highest BCUT2D eigenvalue weighted by molar-refractivity contribution is 6.01. The molecule has 0 spiro atoms. The van der Waals surface area contributed by atoms with Gasteiger partial charge in [0.1, 0.15) is 6.10 Å². The molecular formula is C11H13NO7. The van der Waals surface area contributed by atoms with Gasteiger partial charge in [-0.1, -0.05) is 5.06 Å². The Hall–Kier alpha value is -1.67. The first-order valence-corrected chi connectivity index (χ1v) is 6.13. The fourth-order valence-electron chi connectivity index (χ4n) is 2.43. The van der Waals surface area contributed by atoms with Gasteiger partial charge in [-0.2, -0.15) is 0 Å².